The van der Waals surface area contributed by atoms with Gasteiger partial charge in [-0.25, -0.2) is 13.4 Å². The monoisotopic (exact) mass is 565 g/mol. The molecule has 0 radical (unpaired) electrons. The molecule has 0 aliphatic carbocycles. The lowest BCUT2D eigenvalue weighted by atomic mass is 10.0. The number of carbonyl (C=O) groups excluding carboxylic acids is 1. The fourth-order valence-corrected chi connectivity index (χ4v) is 7.49. The molecule has 0 N–H and O–H groups in total. The highest BCUT2D eigenvalue weighted by Crippen LogP contribution is 2.40. The van der Waals surface area contributed by atoms with Crippen LogP contribution < -0.4 is 14.4 Å². The molecule has 0 bridgehead atoms. The molecule has 0 spiro atoms. The largest absolute Gasteiger partial charge is 0.495 e. The van der Waals surface area contributed by atoms with Gasteiger partial charge in [-0.15, -0.1) is 0 Å². The first-order valence-electron chi connectivity index (χ1n) is 12.8. The van der Waals surface area contributed by atoms with E-state index in [2.05, 4.69) is 6.92 Å². The molecule has 1 aliphatic rings. The van der Waals surface area contributed by atoms with Gasteiger partial charge in [-0.1, -0.05) is 48.6 Å². The summed E-state index contributed by atoms with van der Waals surface area (Å²) in [6, 6.07) is 19.5. The van der Waals surface area contributed by atoms with Gasteiger partial charge in [-0.3, -0.25) is 9.69 Å². The lowest BCUT2D eigenvalue weighted by Gasteiger charge is -2.30. The second-order valence-corrected chi connectivity index (χ2v) is 12.6. The summed E-state index contributed by atoms with van der Waals surface area (Å²) in [5, 5.41) is 0.487. The molecule has 1 aliphatic heterocycles. The van der Waals surface area contributed by atoms with E-state index in [1.54, 1.807) is 41.6 Å². The van der Waals surface area contributed by atoms with Crippen LogP contribution in [0.1, 0.15) is 35.7 Å². The molecule has 1 saturated heterocycles. The van der Waals surface area contributed by atoms with Crippen LogP contribution >= 0.6 is 11.3 Å². The highest BCUT2D eigenvalue weighted by molar-refractivity contribution is 7.89. The molecule has 3 aromatic carbocycles. The summed E-state index contributed by atoms with van der Waals surface area (Å²) in [6.07, 6.45) is 1.88. The number of carbonyl (C=O) groups is 1. The number of hydrogen-bond acceptors (Lipinski definition) is 7. The molecule has 1 atom stereocenters. The molecule has 1 amide bonds. The van der Waals surface area contributed by atoms with Crippen LogP contribution in [0.4, 0.5) is 5.13 Å². The number of amides is 1. The molecule has 204 valence electrons. The van der Waals surface area contributed by atoms with E-state index in [0.29, 0.717) is 46.7 Å². The Labute approximate surface area is 232 Å². The molecule has 39 heavy (non-hydrogen) atoms. The first-order chi connectivity index (χ1) is 18.8. The van der Waals surface area contributed by atoms with E-state index in [-0.39, 0.29) is 17.3 Å². The minimum Gasteiger partial charge on any atom is -0.495 e. The number of aromatic nitrogens is 1. The fraction of sp³-hybridized carbons (Fsp3) is 0.310. The summed E-state index contributed by atoms with van der Waals surface area (Å²) in [4.78, 5) is 20.5. The Kier molecular flexibility index (Phi) is 7.88. The zero-order valence-electron chi connectivity index (χ0n) is 22.2. The van der Waals surface area contributed by atoms with Gasteiger partial charge in [0.05, 0.1) is 25.7 Å². The van der Waals surface area contributed by atoms with Crippen molar-refractivity contribution >= 4 is 42.6 Å². The highest BCUT2D eigenvalue weighted by Gasteiger charge is 2.29. The number of benzene rings is 3. The van der Waals surface area contributed by atoms with Crippen molar-refractivity contribution < 1.29 is 22.7 Å². The van der Waals surface area contributed by atoms with Crippen molar-refractivity contribution in [3.8, 4) is 11.5 Å². The zero-order valence-corrected chi connectivity index (χ0v) is 23.8. The molecule has 8 nitrogen and oxygen atoms in total. The van der Waals surface area contributed by atoms with Crippen LogP contribution in [0.2, 0.25) is 0 Å². The van der Waals surface area contributed by atoms with Gasteiger partial charge in [0, 0.05) is 18.7 Å². The van der Waals surface area contributed by atoms with E-state index in [1.165, 1.54) is 23.5 Å². The number of nitrogens with zero attached hydrogens (tertiary/aromatic N) is 3. The minimum absolute atomic E-state index is 0.192. The third-order valence-electron chi connectivity index (χ3n) is 6.92. The van der Waals surface area contributed by atoms with Gasteiger partial charge in [0.1, 0.15) is 21.7 Å². The predicted octanol–water partition coefficient (Wildman–Crippen LogP) is 5.58. The van der Waals surface area contributed by atoms with E-state index in [9.17, 15) is 13.2 Å². The minimum atomic E-state index is -3.62. The van der Waals surface area contributed by atoms with Crippen LogP contribution in [-0.2, 0) is 16.6 Å². The predicted molar refractivity (Wildman–Crippen MR) is 153 cm³/mol. The SMILES string of the molecule is COc1ccc(OC)c2sc(N(Cc3ccccc3)C(=O)c3ccc(S(=O)(=O)N4CCCC(C)C4)cc3)nc12. The average molecular weight is 566 g/mol. The zero-order chi connectivity index (χ0) is 27.6. The number of fused-ring (bicyclic) bond motifs is 1. The van der Waals surface area contributed by atoms with Crippen LogP contribution in [0.25, 0.3) is 10.2 Å². The third-order valence-corrected chi connectivity index (χ3v) is 9.89. The molecule has 10 heteroatoms. The van der Waals surface area contributed by atoms with Crippen molar-refractivity contribution in [2.75, 3.05) is 32.2 Å². The van der Waals surface area contributed by atoms with Crippen molar-refractivity contribution in [1.29, 1.82) is 0 Å². The van der Waals surface area contributed by atoms with Crippen LogP contribution in [0.5, 0.6) is 11.5 Å². The fourth-order valence-electron chi connectivity index (χ4n) is 4.82. The molecular formula is C29H31N3O5S2. The number of piperidine rings is 1. The maximum atomic E-state index is 13.9. The summed E-state index contributed by atoms with van der Waals surface area (Å²) < 4.78 is 39.8. The van der Waals surface area contributed by atoms with Gasteiger partial charge in [0.15, 0.2) is 5.13 Å². The molecule has 4 aromatic rings. The van der Waals surface area contributed by atoms with Crippen molar-refractivity contribution in [1.82, 2.24) is 9.29 Å². The molecule has 5 rings (SSSR count). The van der Waals surface area contributed by atoms with Crippen molar-refractivity contribution in [3.05, 3.63) is 77.9 Å². The molecule has 1 aromatic heterocycles. The molecule has 2 heterocycles. The lowest BCUT2D eigenvalue weighted by molar-refractivity contribution is 0.0985. The summed E-state index contributed by atoms with van der Waals surface area (Å²) in [7, 11) is -0.453. The van der Waals surface area contributed by atoms with E-state index in [1.807, 2.05) is 36.4 Å². The van der Waals surface area contributed by atoms with Gasteiger partial charge in [-0.05, 0) is 60.7 Å². The summed E-state index contributed by atoms with van der Waals surface area (Å²) in [6.45, 7) is 3.38. The van der Waals surface area contributed by atoms with Crippen LogP contribution in [0, 0.1) is 5.92 Å². The van der Waals surface area contributed by atoms with Gasteiger partial charge < -0.3 is 9.47 Å². The van der Waals surface area contributed by atoms with E-state index in [4.69, 9.17) is 14.5 Å². The van der Waals surface area contributed by atoms with Crippen LogP contribution in [-0.4, -0.2) is 50.9 Å². The summed E-state index contributed by atoms with van der Waals surface area (Å²) in [5.74, 6) is 1.27. The molecule has 1 unspecified atom stereocenters. The average Bonchev–Trinajstić information content (AvgIpc) is 3.41. The topological polar surface area (TPSA) is 89.0 Å². The molecular weight excluding hydrogens is 534 g/mol. The van der Waals surface area contributed by atoms with Crippen molar-refractivity contribution in [2.24, 2.45) is 5.92 Å². The number of ether oxygens (including phenoxy) is 2. The number of anilines is 1. The van der Waals surface area contributed by atoms with Gasteiger partial charge in [-0.2, -0.15) is 4.31 Å². The first kappa shape index (κ1) is 27.1. The number of hydrogen-bond donors (Lipinski definition) is 0. The maximum Gasteiger partial charge on any atom is 0.260 e. The quantitative estimate of drug-likeness (QED) is 0.277. The van der Waals surface area contributed by atoms with E-state index >= 15 is 0 Å². The van der Waals surface area contributed by atoms with Gasteiger partial charge >= 0.3 is 0 Å². The highest BCUT2D eigenvalue weighted by atomic mass is 32.2. The number of sulfonamides is 1. The lowest BCUT2D eigenvalue weighted by Crippen LogP contribution is -2.39. The summed E-state index contributed by atoms with van der Waals surface area (Å²) in [5.41, 5.74) is 1.91. The first-order valence-corrected chi connectivity index (χ1v) is 15.0. The number of methoxy groups -OCH3 is 2. The second-order valence-electron chi connectivity index (χ2n) is 9.66. The van der Waals surface area contributed by atoms with E-state index < -0.39 is 10.0 Å². The normalized spacial score (nSPS) is 16.2. The molecule has 1 fully saturated rings. The standard InChI is InChI=1S/C29H31N3O5S2/c1-20-8-7-17-31(18-20)39(34,35)23-13-11-22(12-14-23)28(33)32(19-21-9-5-4-6-10-21)29-30-26-24(36-2)15-16-25(37-3)27(26)38-29/h4-6,9-16,20H,7-8,17-19H2,1-3H3. The Balaban J connectivity index is 1.50. The summed E-state index contributed by atoms with van der Waals surface area (Å²) >= 11 is 1.34. The van der Waals surface area contributed by atoms with Gasteiger partial charge in [0.25, 0.3) is 5.91 Å². The Morgan fingerprint density at radius 3 is 2.38 bits per heavy atom. The van der Waals surface area contributed by atoms with Crippen LogP contribution in [0.15, 0.2) is 71.6 Å². The maximum absolute atomic E-state index is 13.9. The third kappa shape index (κ3) is 5.50. The van der Waals surface area contributed by atoms with Gasteiger partial charge in [0.2, 0.25) is 10.0 Å². The van der Waals surface area contributed by atoms with E-state index in [0.717, 1.165) is 23.1 Å². The number of thiazole rings is 1. The Morgan fingerprint density at radius 2 is 1.72 bits per heavy atom. The Bertz CT molecular complexity index is 1530. The smallest absolute Gasteiger partial charge is 0.260 e. The van der Waals surface area contributed by atoms with Crippen molar-refractivity contribution in [2.45, 2.75) is 31.2 Å². The number of rotatable bonds is 8. The second kappa shape index (κ2) is 11.3. The van der Waals surface area contributed by atoms with Crippen LogP contribution in [0.3, 0.4) is 0 Å². The molecule has 0 saturated carbocycles. The Hall–Kier alpha value is -3.47. The van der Waals surface area contributed by atoms with Crippen molar-refractivity contribution in [3.63, 3.8) is 0 Å². The Morgan fingerprint density at radius 1 is 1.03 bits per heavy atom.